The number of aromatic nitrogens is 3. The van der Waals surface area contributed by atoms with Crippen molar-refractivity contribution in [2.75, 3.05) is 6.54 Å². The van der Waals surface area contributed by atoms with E-state index in [1.165, 1.54) is 5.56 Å². The molecule has 0 fully saturated rings. The Morgan fingerprint density at radius 1 is 1.15 bits per heavy atom. The molecule has 1 aromatic heterocycles. The molecule has 1 heterocycles. The highest BCUT2D eigenvalue weighted by molar-refractivity contribution is 5.43. The minimum absolute atomic E-state index is 0.426. The maximum atomic E-state index is 5.93. The van der Waals surface area contributed by atoms with Gasteiger partial charge in [0, 0.05) is 7.05 Å². The second-order valence-corrected chi connectivity index (χ2v) is 5.11. The number of nitrogens with zero attached hydrogens (tertiary/aromatic N) is 3. The van der Waals surface area contributed by atoms with Gasteiger partial charge in [0.05, 0.1) is 0 Å². The van der Waals surface area contributed by atoms with Gasteiger partial charge in [0.25, 0.3) is 0 Å². The average Bonchev–Trinajstić information content (AvgIpc) is 2.70. The van der Waals surface area contributed by atoms with Crippen LogP contribution in [0.25, 0.3) is 0 Å². The van der Waals surface area contributed by atoms with Gasteiger partial charge < -0.3 is 15.0 Å². The first-order valence-electron chi connectivity index (χ1n) is 6.80. The third-order valence-electron chi connectivity index (χ3n) is 3.48. The lowest BCUT2D eigenvalue weighted by Crippen LogP contribution is -2.07. The molecule has 0 aliphatic carbocycles. The van der Waals surface area contributed by atoms with Gasteiger partial charge in [0.1, 0.15) is 18.2 Å². The SMILES string of the molecule is Cc1cc(CCN)cc(C)c1OCc1nnc(C)n1C. The largest absolute Gasteiger partial charge is 0.485 e. The van der Waals surface area contributed by atoms with Crippen LogP contribution in [0.3, 0.4) is 0 Å². The molecule has 2 rings (SSSR count). The number of ether oxygens (including phenoxy) is 1. The van der Waals surface area contributed by atoms with E-state index in [4.69, 9.17) is 10.5 Å². The molecule has 0 unspecified atom stereocenters. The highest BCUT2D eigenvalue weighted by atomic mass is 16.5. The van der Waals surface area contributed by atoms with Crippen molar-refractivity contribution in [1.29, 1.82) is 0 Å². The van der Waals surface area contributed by atoms with Crippen LogP contribution in [0.1, 0.15) is 28.3 Å². The zero-order valence-electron chi connectivity index (χ0n) is 12.6. The molecule has 0 saturated heterocycles. The van der Waals surface area contributed by atoms with Crippen molar-refractivity contribution in [2.24, 2.45) is 12.8 Å². The Bertz CT molecular complexity index is 581. The Morgan fingerprint density at radius 3 is 2.30 bits per heavy atom. The lowest BCUT2D eigenvalue weighted by molar-refractivity contribution is 0.287. The zero-order valence-corrected chi connectivity index (χ0v) is 12.6. The molecule has 0 atom stereocenters. The fourth-order valence-corrected chi connectivity index (χ4v) is 2.29. The molecule has 0 amide bonds. The van der Waals surface area contributed by atoms with E-state index in [-0.39, 0.29) is 0 Å². The maximum Gasteiger partial charge on any atom is 0.170 e. The van der Waals surface area contributed by atoms with E-state index in [0.29, 0.717) is 13.2 Å². The van der Waals surface area contributed by atoms with Gasteiger partial charge in [-0.15, -0.1) is 10.2 Å². The van der Waals surface area contributed by atoms with Crippen LogP contribution in [-0.2, 0) is 20.1 Å². The molecule has 0 saturated carbocycles. The standard InChI is InChI=1S/C15H22N4O/c1-10-7-13(5-6-16)8-11(2)15(10)20-9-14-18-17-12(3)19(14)4/h7-8H,5-6,9,16H2,1-4H3. The molecule has 2 N–H and O–H groups in total. The van der Waals surface area contributed by atoms with E-state index < -0.39 is 0 Å². The quantitative estimate of drug-likeness (QED) is 0.903. The van der Waals surface area contributed by atoms with Gasteiger partial charge in [-0.3, -0.25) is 0 Å². The molecule has 20 heavy (non-hydrogen) atoms. The molecule has 1 aromatic carbocycles. The Hall–Kier alpha value is -1.88. The minimum atomic E-state index is 0.426. The monoisotopic (exact) mass is 274 g/mol. The van der Waals surface area contributed by atoms with Crippen LogP contribution >= 0.6 is 0 Å². The van der Waals surface area contributed by atoms with E-state index >= 15 is 0 Å². The number of rotatable bonds is 5. The van der Waals surface area contributed by atoms with Crippen molar-refractivity contribution < 1.29 is 4.74 Å². The summed E-state index contributed by atoms with van der Waals surface area (Å²) in [6.45, 7) is 7.13. The first-order valence-corrected chi connectivity index (χ1v) is 6.80. The summed E-state index contributed by atoms with van der Waals surface area (Å²) in [7, 11) is 1.94. The van der Waals surface area contributed by atoms with Gasteiger partial charge in [-0.1, -0.05) is 12.1 Å². The second kappa shape index (κ2) is 6.05. The highest BCUT2D eigenvalue weighted by Gasteiger charge is 2.10. The van der Waals surface area contributed by atoms with E-state index in [2.05, 4.69) is 36.2 Å². The third kappa shape index (κ3) is 2.99. The van der Waals surface area contributed by atoms with Crippen LogP contribution in [0, 0.1) is 20.8 Å². The first kappa shape index (κ1) is 14.5. The third-order valence-corrected chi connectivity index (χ3v) is 3.48. The summed E-state index contributed by atoms with van der Waals surface area (Å²) >= 11 is 0. The molecule has 0 radical (unpaired) electrons. The molecule has 5 nitrogen and oxygen atoms in total. The molecule has 2 aromatic rings. The summed E-state index contributed by atoms with van der Waals surface area (Å²) in [5, 5.41) is 8.14. The molecule has 0 aliphatic heterocycles. The summed E-state index contributed by atoms with van der Waals surface area (Å²) in [6.07, 6.45) is 0.893. The Kier molecular flexibility index (Phi) is 4.39. The lowest BCUT2D eigenvalue weighted by atomic mass is 10.0. The molecular weight excluding hydrogens is 252 g/mol. The first-order chi connectivity index (χ1) is 9.52. The van der Waals surface area contributed by atoms with Crippen molar-refractivity contribution >= 4 is 0 Å². The maximum absolute atomic E-state index is 5.93. The number of hydrogen-bond donors (Lipinski definition) is 1. The topological polar surface area (TPSA) is 66.0 Å². The second-order valence-electron chi connectivity index (χ2n) is 5.11. The van der Waals surface area contributed by atoms with Crippen molar-refractivity contribution in [3.63, 3.8) is 0 Å². The van der Waals surface area contributed by atoms with Gasteiger partial charge >= 0.3 is 0 Å². The predicted octanol–water partition coefficient (Wildman–Crippen LogP) is 1.82. The van der Waals surface area contributed by atoms with Gasteiger partial charge in [-0.05, 0) is 50.4 Å². The van der Waals surface area contributed by atoms with Crippen LogP contribution in [-0.4, -0.2) is 21.3 Å². The minimum Gasteiger partial charge on any atom is -0.485 e. The van der Waals surface area contributed by atoms with Crippen molar-refractivity contribution in [3.8, 4) is 5.75 Å². The molecule has 0 spiro atoms. The van der Waals surface area contributed by atoms with Crippen molar-refractivity contribution in [2.45, 2.75) is 33.8 Å². The van der Waals surface area contributed by atoms with Crippen molar-refractivity contribution in [1.82, 2.24) is 14.8 Å². The van der Waals surface area contributed by atoms with Crippen molar-refractivity contribution in [3.05, 3.63) is 40.5 Å². The van der Waals surface area contributed by atoms with Gasteiger partial charge in [-0.2, -0.15) is 0 Å². The summed E-state index contributed by atoms with van der Waals surface area (Å²) < 4.78 is 7.86. The van der Waals surface area contributed by atoms with Crippen LogP contribution in [0.15, 0.2) is 12.1 Å². The molecule has 0 bridgehead atoms. The molecule has 0 aliphatic rings. The van der Waals surface area contributed by atoms with Gasteiger partial charge in [0.15, 0.2) is 5.82 Å². The summed E-state index contributed by atoms with van der Waals surface area (Å²) in [4.78, 5) is 0. The lowest BCUT2D eigenvalue weighted by Gasteiger charge is -2.13. The zero-order chi connectivity index (χ0) is 14.7. The average molecular weight is 274 g/mol. The summed E-state index contributed by atoms with van der Waals surface area (Å²) in [6, 6.07) is 4.27. The fraction of sp³-hybridized carbons (Fsp3) is 0.467. The van der Waals surface area contributed by atoms with Gasteiger partial charge in [-0.25, -0.2) is 0 Å². The molecular formula is C15H22N4O. The Labute approximate surface area is 119 Å². The summed E-state index contributed by atoms with van der Waals surface area (Å²) in [5.74, 6) is 2.63. The van der Waals surface area contributed by atoms with Crippen LogP contribution in [0.4, 0.5) is 0 Å². The number of nitrogens with two attached hydrogens (primary N) is 1. The predicted molar refractivity (Wildman–Crippen MR) is 78.7 cm³/mol. The fourth-order valence-electron chi connectivity index (χ4n) is 2.29. The van der Waals surface area contributed by atoms with E-state index in [0.717, 1.165) is 34.9 Å². The Morgan fingerprint density at radius 2 is 1.80 bits per heavy atom. The van der Waals surface area contributed by atoms with Crippen LogP contribution < -0.4 is 10.5 Å². The summed E-state index contributed by atoms with van der Waals surface area (Å²) in [5.41, 5.74) is 9.12. The van der Waals surface area contributed by atoms with Crippen LogP contribution in [0.5, 0.6) is 5.75 Å². The number of benzene rings is 1. The molecule has 5 heteroatoms. The Balaban J connectivity index is 2.15. The van der Waals surface area contributed by atoms with E-state index in [9.17, 15) is 0 Å². The smallest absolute Gasteiger partial charge is 0.170 e. The van der Waals surface area contributed by atoms with E-state index in [1.54, 1.807) is 0 Å². The number of aryl methyl sites for hydroxylation is 3. The highest BCUT2D eigenvalue weighted by Crippen LogP contribution is 2.25. The normalized spacial score (nSPS) is 10.8. The molecule has 108 valence electrons. The number of hydrogen-bond acceptors (Lipinski definition) is 4. The van der Waals surface area contributed by atoms with Gasteiger partial charge in [0.2, 0.25) is 0 Å². The van der Waals surface area contributed by atoms with E-state index in [1.807, 2.05) is 18.5 Å². The van der Waals surface area contributed by atoms with Crippen LogP contribution in [0.2, 0.25) is 0 Å².